The minimum atomic E-state index is -0.0823. The van der Waals surface area contributed by atoms with Crippen molar-refractivity contribution < 1.29 is 4.79 Å². The van der Waals surface area contributed by atoms with Gasteiger partial charge >= 0.3 is 0 Å². The van der Waals surface area contributed by atoms with Crippen molar-refractivity contribution in [3.05, 3.63) is 28.2 Å². The lowest BCUT2D eigenvalue weighted by Crippen LogP contribution is -2.26. The van der Waals surface area contributed by atoms with E-state index < -0.39 is 0 Å². The molecule has 0 radical (unpaired) electrons. The van der Waals surface area contributed by atoms with Crippen molar-refractivity contribution in [3.63, 3.8) is 0 Å². The predicted molar refractivity (Wildman–Crippen MR) is 72.9 cm³/mol. The molecule has 1 amide bonds. The van der Waals surface area contributed by atoms with Gasteiger partial charge in [0.15, 0.2) is 5.82 Å². The fourth-order valence-electron chi connectivity index (χ4n) is 1.55. The monoisotopic (exact) mass is 299 g/mol. The summed E-state index contributed by atoms with van der Waals surface area (Å²) in [6.45, 7) is 3.15. The molecule has 0 fully saturated rings. The third-order valence-corrected chi connectivity index (χ3v) is 3.70. The van der Waals surface area contributed by atoms with Gasteiger partial charge in [0.1, 0.15) is 11.3 Å². The number of hydrogen-bond donors (Lipinski definition) is 1. The topological polar surface area (TPSA) is 72.7 Å². The van der Waals surface area contributed by atoms with Crippen LogP contribution in [-0.4, -0.2) is 25.7 Å². The zero-order valence-electron chi connectivity index (χ0n) is 10.5. The number of halogens is 1. The van der Waals surface area contributed by atoms with Crippen LogP contribution in [0.15, 0.2) is 11.7 Å². The minimum absolute atomic E-state index is 0.0823. The summed E-state index contributed by atoms with van der Waals surface area (Å²) in [6, 6.07) is 0. The van der Waals surface area contributed by atoms with Crippen LogP contribution in [0, 0.1) is 0 Å². The van der Waals surface area contributed by atoms with Crippen molar-refractivity contribution in [2.24, 2.45) is 0 Å². The van der Waals surface area contributed by atoms with Gasteiger partial charge in [0.2, 0.25) is 5.91 Å². The average Bonchev–Trinajstić information content (AvgIpc) is 3.04. The maximum Gasteiger partial charge on any atom is 0.227 e. The lowest BCUT2D eigenvalue weighted by Gasteiger charge is -2.04. The minimum Gasteiger partial charge on any atom is -0.348 e. The van der Waals surface area contributed by atoms with Crippen LogP contribution < -0.4 is 5.32 Å². The van der Waals surface area contributed by atoms with E-state index in [1.807, 2.05) is 16.9 Å². The number of carbonyl (C=O) groups is 1. The number of nitrogens with one attached hydrogen (secondary N) is 1. The van der Waals surface area contributed by atoms with Crippen LogP contribution in [0.3, 0.4) is 0 Å². The number of rotatable bonds is 6. The van der Waals surface area contributed by atoms with E-state index in [0.29, 0.717) is 12.4 Å². The Morgan fingerprint density at radius 2 is 2.42 bits per heavy atom. The van der Waals surface area contributed by atoms with Crippen LogP contribution in [0.5, 0.6) is 0 Å². The molecule has 0 aliphatic carbocycles. The summed E-state index contributed by atoms with van der Waals surface area (Å²) in [5.74, 6) is 1.04. The number of amides is 1. The number of aryl methyl sites for hydroxylation is 1. The Bertz CT molecular complexity index is 553. The molecule has 0 saturated carbocycles. The standard InChI is InChI=1S/C11H14ClN5OS/c1-2-17-7-14-16-9(17)5-13-10(18)3-11-15-8(4-12)6-19-11/h6-7H,2-5H2,1H3,(H,13,18). The molecule has 102 valence electrons. The molecule has 2 heterocycles. The molecule has 0 spiro atoms. The smallest absolute Gasteiger partial charge is 0.227 e. The van der Waals surface area contributed by atoms with Crippen molar-refractivity contribution in [2.75, 3.05) is 0 Å². The van der Waals surface area contributed by atoms with Gasteiger partial charge < -0.3 is 9.88 Å². The van der Waals surface area contributed by atoms with Crippen molar-refractivity contribution in [1.29, 1.82) is 0 Å². The first kappa shape index (κ1) is 14.0. The van der Waals surface area contributed by atoms with Crippen molar-refractivity contribution >= 4 is 28.8 Å². The van der Waals surface area contributed by atoms with Crippen LogP contribution >= 0.6 is 22.9 Å². The molecule has 0 atom stereocenters. The highest BCUT2D eigenvalue weighted by molar-refractivity contribution is 7.09. The van der Waals surface area contributed by atoms with Crippen molar-refractivity contribution in [2.45, 2.75) is 32.3 Å². The number of thiazole rings is 1. The number of nitrogens with zero attached hydrogens (tertiary/aromatic N) is 4. The molecule has 2 aromatic rings. The van der Waals surface area contributed by atoms with Crippen LogP contribution in [0.25, 0.3) is 0 Å². The molecule has 0 aromatic carbocycles. The van der Waals surface area contributed by atoms with Crippen LogP contribution in [0.1, 0.15) is 23.4 Å². The molecule has 0 saturated heterocycles. The zero-order valence-corrected chi connectivity index (χ0v) is 12.0. The lowest BCUT2D eigenvalue weighted by molar-refractivity contribution is -0.120. The van der Waals surface area contributed by atoms with E-state index in [1.165, 1.54) is 11.3 Å². The number of hydrogen-bond acceptors (Lipinski definition) is 5. The van der Waals surface area contributed by atoms with E-state index in [4.69, 9.17) is 11.6 Å². The van der Waals surface area contributed by atoms with Crippen molar-refractivity contribution in [1.82, 2.24) is 25.1 Å². The molecule has 2 rings (SSSR count). The van der Waals surface area contributed by atoms with E-state index in [-0.39, 0.29) is 12.3 Å². The molecule has 0 bridgehead atoms. The van der Waals surface area contributed by atoms with E-state index in [2.05, 4.69) is 20.5 Å². The first-order valence-corrected chi connectivity index (χ1v) is 7.27. The first-order valence-electron chi connectivity index (χ1n) is 5.85. The van der Waals surface area contributed by atoms with E-state index in [1.54, 1.807) is 6.33 Å². The Morgan fingerprint density at radius 1 is 1.58 bits per heavy atom. The Hall–Kier alpha value is -1.47. The quantitative estimate of drug-likeness (QED) is 0.817. The van der Waals surface area contributed by atoms with Crippen LogP contribution in [0.4, 0.5) is 0 Å². The molecule has 0 aliphatic heterocycles. The first-order chi connectivity index (χ1) is 9.22. The summed E-state index contributed by atoms with van der Waals surface area (Å²) < 4.78 is 1.88. The third-order valence-electron chi connectivity index (χ3n) is 2.53. The second kappa shape index (κ2) is 6.63. The van der Waals surface area contributed by atoms with Gasteiger partial charge in [-0.25, -0.2) is 4.98 Å². The van der Waals surface area contributed by atoms with E-state index in [9.17, 15) is 4.79 Å². The second-order valence-electron chi connectivity index (χ2n) is 3.85. The van der Waals surface area contributed by atoms with Gasteiger partial charge in [0.05, 0.1) is 24.5 Å². The summed E-state index contributed by atoms with van der Waals surface area (Å²) in [5, 5.41) is 13.2. The molecule has 6 nitrogen and oxygen atoms in total. The summed E-state index contributed by atoms with van der Waals surface area (Å²) in [5.41, 5.74) is 0.806. The van der Waals surface area contributed by atoms with Gasteiger partial charge in [-0.15, -0.1) is 33.1 Å². The number of alkyl halides is 1. The van der Waals surface area contributed by atoms with Gasteiger partial charge in [-0.05, 0) is 6.92 Å². The predicted octanol–water partition coefficient (Wildman–Crippen LogP) is 1.35. The van der Waals surface area contributed by atoms with Crippen molar-refractivity contribution in [3.8, 4) is 0 Å². The molecular weight excluding hydrogens is 286 g/mol. The molecule has 0 unspecified atom stereocenters. The Morgan fingerprint density at radius 3 is 3.11 bits per heavy atom. The van der Waals surface area contributed by atoms with Crippen LogP contribution in [0.2, 0.25) is 0 Å². The van der Waals surface area contributed by atoms with Gasteiger partial charge in [0.25, 0.3) is 0 Å². The lowest BCUT2D eigenvalue weighted by atomic mass is 10.4. The highest BCUT2D eigenvalue weighted by Gasteiger charge is 2.09. The summed E-state index contributed by atoms with van der Waals surface area (Å²) >= 11 is 7.11. The largest absolute Gasteiger partial charge is 0.348 e. The maximum absolute atomic E-state index is 11.8. The summed E-state index contributed by atoms with van der Waals surface area (Å²) in [6.07, 6.45) is 1.91. The number of carbonyl (C=O) groups excluding carboxylic acids is 1. The molecule has 2 aromatic heterocycles. The van der Waals surface area contributed by atoms with Gasteiger partial charge in [-0.3, -0.25) is 4.79 Å². The van der Waals surface area contributed by atoms with Gasteiger partial charge in [0, 0.05) is 11.9 Å². The fourth-order valence-corrected chi connectivity index (χ4v) is 2.57. The molecule has 1 N–H and O–H groups in total. The highest BCUT2D eigenvalue weighted by Crippen LogP contribution is 2.12. The Kier molecular flexibility index (Phi) is 4.86. The summed E-state index contributed by atoms with van der Waals surface area (Å²) in [4.78, 5) is 16.0. The average molecular weight is 300 g/mol. The zero-order chi connectivity index (χ0) is 13.7. The molecule has 19 heavy (non-hydrogen) atoms. The fraction of sp³-hybridized carbons (Fsp3) is 0.455. The second-order valence-corrected chi connectivity index (χ2v) is 5.06. The third kappa shape index (κ3) is 3.74. The van der Waals surface area contributed by atoms with E-state index >= 15 is 0 Å². The SMILES string of the molecule is CCn1cnnc1CNC(=O)Cc1nc(CCl)cs1. The van der Waals surface area contributed by atoms with Gasteiger partial charge in [-0.1, -0.05) is 0 Å². The maximum atomic E-state index is 11.8. The highest BCUT2D eigenvalue weighted by atomic mass is 35.5. The molecule has 8 heteroatoms. The normalized spacial score (nSPS) is 10.6. The molecular formula is C11H14ClN5OS. The van der Waals surface area contributed by atoms with E-state index in [0.717, 1.165) is 23.1 Å². The summed E-state index contributed by atoms with van der Waals surface area (Å²) in [7, 11) is 0. The Balaban J connectivity index is 1.84. The van der Waals surface area contributed by atoms with Crippen LogP contribution in [-0.2, 0) is 30.2 Å². The van der Waals surface area contributed by atoms with Gasteiger partial charge in [-0.2, -0.15) is 0 Å². The Labute approximate surface area is 119 Å². The number of aromatic nitrogens is 4. The molecule has 0 aliphatic rings.